The molecule has 2 aromatic rings. The second-order valence-electron chi connectivity index (χ2n) is 7.08. The van der Waals surface area contributed by atoms with E-state index in [1.54, 1.807) is 5.38 Å². The Balaban J connectivity index is 1.50. The SMILES string of the molecule is O=C(NCc1csc(-c2ccc(C(F)(F)F)cc2)n1)NCC1(CCO)CCC1. The minimum absolute atomic E-state index is 0.0163. The van der Waals surface area contributed by atoms with E-state index in [1.807, 2.05) is 0 Å². The lowest BCUT2D eigenvalue weighted by Gasteiger charge is -2.41. The molecule has 0 spiro atoms. The minimum Gasteiger partial charge on any atom is -0.396 e. The van der Waals surface area contributed by atoms with Crippen LogP contribution in [0, 0.1) is 5.41 Å². The van der Waals surface area contributed by atoms with Crippen LogP contribution in [0.15, 0.2) is 29.6 Å². The number of aliphatic hydroxyl groups excluding tert-OH is 1. The Kier molecular flexibility index (Phi) is 6.24. The summed E-state index contributed by atoms with van der Waals surface area (Å²) in [7, 11) is 0. The summed E-state index contributed by atoms with van der Waals surface area (Å²) in [6.07, 6.45) is -0.531. The van der Waals surface area contributed by atoms with Crippen molar-refractivity contribution in [1.82, 2.24) is 15.6 Å². The highest BCUT2D eigenvalue weighted by atomic mass is 32.1. The molecule has 0 radical (unpaired) electrons. The van der Waals surface area contributed by atoms with Crippen LogP contribution in [0.1, 0.15) is 36.9 Å². The van der Waals surface area contributed by atoms with E-state index in [4.69, 9.17) is 5.11 Å². The van der Waals surface area contributed by atoms with Gasteiger partial charge in [-0.05, 0) is 36.8 Å². The maximum atomic E-state index is 12.6. The van der Waals surface area contributed by atoms with Crippen molar-refractivity contribution in [2.24, 2.45) is 5.41 Å². The number of rotatable bonds is 7. The van der Waals surface area contributed by atoms with Crippen LogP contribution >= 0.6 is 11.3 Å². The number of carbonyl (C=O) groups excluding carboxylic acids is 1. The lowest BCUT2D eigenvalue weighted by Crippen LogP contribution is -2.45. The van der Waals surface area contributed by atoms with Crippen molar-refractivity contribution < 1.29 is 23.1 Å². The van der Waals surface area contributed by atoms with Gasteiger partial charge in [-0.25, -0.2) is 9.78 Å². The van der Waals surface area contributed by atoms with Crippen LogP contribution in [-0.4, -0.2) is 29.3 Å². The molecule has 28 heavy (non-hydrogen) atoms. The molecule has 0 unspecified atom stereocenters. The summed E-state index contributed by atoms with van der Waals surface area (Å²) in [5.74, 6) is 0. The first-order chi connectivity index (χ1) is 13.3. The van der Waals surface area contributed by atoms with Crippen molar-refractivity contribution in [1.29, 1.82) is 0 Å². The van der Waals surface area contributed by atoms with E-state index >= 15 is 0 Å². The van der Waals surface area contributed by atoms with Crippen LogP contribution in [-0.2, 0) is 12.7 Å². The smallest absolute Gasteiger partial charge is 0.396 e. The largest absolute Gasteiger partial charge is 0.416 e. The van der Waals surface area contributed by atoms with E-state index in [0.717, 1.165) is 31.4 Å². The van der Waals surface area contributed by atoms with Gasteiger partial charge in [0, 0.05) is 24.1 Å². The molecular weight excluding hydrogens is 391 g/mol. The van der Waals surface area contributed by atoms with Crippen molar-refractivity contribution in [2.45, 2.75) is 38.4 Å². The molecule has 0 aliphatic heterocycles. The standard InChI is InChI=1S/C19H22F3N3O2S/c20-19(21,22)14-4-2-13(3-5-14)16-25-15(11-28-16)10-23-17(27)24-12-18(8-9-26)6-1-7-18/h2-5,11,26H,1,6-10,12H2,(H2,23,24,27). The predicted molar refractivity (Wildman–Crippen MR) is 101 cm³/mol. The van der Waals surface area contributed by atoms with E-state index in [1.165, 1.54) is 23.5 Å². The van der Waals surface area contributed by atoms with E-state index < -0.39 is 11.7 Å². The number of thiazole rings is 1. The molecule has 1 aromatic heterocycles. The zero-order chi connectivity index (χ0) is 20.2. The maximum Gasteiger partial charge on any atom is 0.416 e. The lowest BCUT2D eigenvalue weighted by atomic mass is 9.67. The molecule has 5 nitrogen and oxygen atoms in total. The highest BCUT2D eigenvalue weighted by Crippen LogP contribution is 2.43. The van der Waals surface area contributed by atoms with Crippen LogP contribution in [0.5, 0.6) is 0 Å². The number of carbonyl (C=O) groups is 1. The highest BCUT2D eigenvalue weighted by molar-refractivity contribution is 7.13. The Hall–Kier alpha value is -2.13. The molecule has 152 valence electrons. The molecule has 0 atom stereocenters. The number of nitrogens with one attached hydrogen (secondary N) is 2. The average Bonchev–Trinajstić information content (AvgIpc) is 3.10. The van der Waals surface area contributed by atoms with Crippen LogP contribution in [0.25, 0.3) is 10.6 Å². The summed E-state index contributed by atoms with van der Waals surface area (Å²) < 4.78 is 37.9. The van der Waals surface area contributed by atoms with Gasteiger partial charge in [0.25, 0.3) is 0 Å². The van der Waals surface area contributed by atoms with Gasteiger partial charge in [0.1, 0.15) is 5.01 Å². The first-order valence-corrected chi connectivity index (χ1v) is 9.94. The second-order valence-corrected chi connectivity index (χ2v) is 7.94. The molecule has 9 heteroatoms. The van der Waals surface area contributed by atoms with Gasteiger partial charge >= 0.3 is 12.2 Å². The third-order valence-corrected chi connectivity index (χ3v) is 6.06. The fourth-order valence-electron chi connectivity index (χ4n) is 3.25. The fraction of sp³-hybridized carbons (Fsp3) is 0.474. The summed E-state index contributed by atoms with van der Waals surface area (Å²) >= 11 is 1.31. The number of aromatic nitrogens is 1. The molecule has 1 heterocycles. The van der Waals surface area contributed by atoms with E-state index in [9.17, 15) is 18.0 Å². The number of nitrogens with zero attached hydrogens (tertiary/aromatic N) is 1. The second kappa shape index (κ2) is 8.48. The number of halogens is 3. The topological polar surface area (TPSA) is 74.2 Å². The molecule has 0 bridgehead atoms. The predicted octanol–water partition coefficient (Wildman–Crippen LogP) is 4.18. The van der Waals surface area contributed by atoms with Crippen LogP contribution in [0.2, 0.25) is 0 Å². The van der Waals surface area contributed by atoms with Crippen molar-refractivity contribution >= 4 is 17.4 Å². The summed E-state index contributed by atoms with van der Waals surface area (Å²) in [6.45, 7) is 0.887. The molecule has 3 N–H and O–H groups in total. The summed E-state index contributed by atoms with van der Waals surface area (Å²) in [4.78, 5) is 16.4. The number of amides is 2. The maximum absolute atomic E-state index is 12.6. The molecule has 2 amide bonds. The molecule has 1 aliphatic rings. The monoisotopic (exact) mass is 413 g/mol. The molecule has 3 rings (SSSR count). The van der Waals surface area contributed by atoms with Crippen molar-refractivity contribution in [3.05, 3.63) is 40.9 Å². The molecule has 1 aromatic carbocycles. The average molecular weight is 413 g/mol. The summed E-state index contributed by atoms with van der Waals surface area (Å²) in [5, 5.41) is 17.1. The summed E-state index contributed by atoms with van der Waals surface area (Å²) in [6, 6.07) is 4.55. The Labute approximate surface area is 165 Å². The van der Waals surface area contributed by atoms with Gasteiger partial charge in [-0.15, -0.1) is 11.3 Å². The molecule has 1 aliphatic carbocycles. The first-order valence-electron chi connectivity index (χ1n) is 9.06. The fourth-order valence-corrected chi connectivity index (χ4v) is 4.08. The van der Waals surface area contributed by atoms with E-state index in [-0.39, 0.29) is 24.6 Å². The van der Waals surface area contributed by atoms with Crippen molar-refractivity contribution in [3.63, 3.8) is 0 Å². The van der Waals surface area contributed by atoms with Crippen molar-refractivity contribution in [2.75, 3.05) is 13.2 Å². The Morgan fingerprint density at radius 1 is 1.21 bits per heavy atom. The number of benzene rings is 1. The van der Waals surface area contributed by atoms with Crippen LogP contribution in [0.3, 0.4) is 0 Å². The van der Waals surface area contributed by atoms with Gasteiger partial charge in [-0.2, -0.15) is 13.2 Å². The van der Waals surface area contributed by atoms with E-state index in [0.29, 0.717) is 29.2 Å². The Morgan fingerprint density at radius 3 is 2.50 bits per heavy atom. The Morgan fingerprint density at radius 2 is 1.93 bits per heavy atom. The van der Waals surface area contributed by atoms with E-state index in [2.05, 4.69) is 15.6 Å². The van der Waals surface area contributed by atoms with Crippen molar-refractivity contribution in [3.8, 4) is 10.6 Å². The van der Waals surface area contributed by atoms with Crippen LogP contribution < -0.4 is 10.6 Å². The Bertz CT molecular complexity index is 802. The van der Waals surface area contributed by atoms with Gasteiger partial charge in [-0.1, -0.05) is 18.6 Å². The number of alkyl halides is 3. The number of urea groups is 1. The molecule has 0 saturated heterocycles. The number of hydrogen-bond donors (Lipinski definition) is 3. The quantitative estimate of drug-likeness (QED) is 0.638. The van der Waals surface area contributed by atoms with Crippen LogP contribution in [0.4, 0.5) is 18.0 Å². The third-order valence-electron chi connectivity index (χ3n) is 5.12. The zero-order valence-electron chi connectivity index (χ0n) is 15.2. The molecule has 1 saturated carbocycles. The normalized spacial score (nSPS) is 15.7. The minimum atomic E-state index is -4.36. The molecule has 1 fully saturated rings. The molecular formula is C19H22F3N3O2S. The third kappa shape index (κ3) is 5.02. The van der Waals surface area contributed by atoms with Gasteiger partial charge in [0.05, 0.1) is 17.8 Å². The van der Waals surface area contributed by atoms with Gasteiger partial charge < -0.3 is 15.7 Å². The lowest BCUT2D eigenvalue weighted by molar-refractivity contribution is -0.137. The highest BCUT2D eigenvalue weighted by Gasteiger charge is 2.36. The first kappa shape index (κ1) is 20.6. The van der Waals surface area contributed by atoms with Gasteiger partial charge in [-0.3, -0.25) is 0 Å². The number of hydrogen-bond acceptors (Lipinski definition) is 4. The van der Waals surface area contributed by atoms with Gasteiger partial charge in [0.2, 0.25) is 0 Å². The van der Waals surface area contributed by atoms with Gasteiger partial charge in [0.15, 0.2) is 0 Å². The zero-order valence-corrected chi connectivity index (χ0v) is 16.0. The summed E-state index contributed by atoms with van der Waals surface area (Å²) in [5.41, 5.74) is 0.563. The number of aliphatic hydroxyl groups is 1.